The Balaban J connectivity index is 1.85. The highest BCUT2D eigenvalue weighted by Crippen LogP contribution is 2.16. The van der Waals surface area contributed by atoms with Crippen LogP contribution in [-0.4, -0.2) is 64.2 Å². The number of likely N-dealkylation sites (N-methyl/N-ethyl adjacent to an activating group) is 1. The Kier molecular flexibility index (Phi) is 9.14. The number of hydrogen-bond donors (Lipinski definition) is 0. The van der Waals surface area contributed by atoms with Gasteiger partial charge in [0.25, 0.3) is 0 Å². The molecule has 0 unspecified atom stereocenters. The minimum Gasteiger partial charge on any atom is -0.494 e. The van der Waals surface area contributed by atoms with Crippen molar-refractivity contribution in [1.29, 1.82) is 0 Å². The van der Waals surface area contributed by atoms with E-state index in [-0.39, 0.29) is 10.8 Å². The molecule has 0 aliphatic rings. The number of carbonyl (C=O) groups excluding carboxylic acids is 1. The first-order valence-electron chi connectivity index (χ1n) is 9.75. The van der Waals surface area contributed by atoms with Crippen LogP contribution in [0.2, 0.25) is 5.02 Å². The van der Waals surface area contributed by atoms with Crippen LogP contribution in [0.5, 0.6) is 5.75 Å². The molecule has 0 heterocycles. The van der Waals surface area contributed by atoms with E-state index in [0.717, 1.165) is 12.1 Å². The van der Waals surface area contributed by atoms with Gasteiger partial charge < -0.3 is 14.5 Å². The van der Waals surface area contributed by atoms with Crippen LogP contribution in [0, 0.1) is 0 Å². The molecule has 30 heavy (non-hydrogen) atoms. The lowest BCUT2D eigenvalue weighted by Crippen LogP contribution is -2.36. The van der Waals surface area contributed by atoms with Crippen molar-refractivity contribution in [2.45, 2.75) is 24.3 Å². The monoisotopic (exact) mass is 452 g/mol. The van der Waals surface area contributed by atoms with Crippen LogP contribution >= 0.6 is 11.6 Å². The Hall–Kier alpha value is -2.09. The molecule has 0 aromatic heterocycles. The van der Waals surface area contributed by atoms with Crippen molar-refractivity contribution in [2.75, 3.05) is 40.0 Å². The average molecular weight is 453 g/mol. The van der Waals surface area contributed by atoms with Gasteiger partial charge in [-0.3, -0.25) is 4.79 Å². The number of halogens is 1. The number of sulfone groups is 1. The SMILES string of the molecule is CN(C)CCN(Cc1ccc(Cl)cc1)C(=O)CCCOc1ccc(S(C)(=O)=O)cc1. The average Bonchev–Trinajstić information content (AvgIpc) is 2.69. The molecule has 6 nitrogen and oxygen atoms in total. The highest BCUT2D eigenvalue weighted by Gasteiger charge is 2.14. The molecule has 164 valence electrons. The van der Waals surface area contributed by atoms with Gasteiger partial charge in [0, 0.05) is 37.3 Å². The first kappa shape index (κ1) is 24.2. The molecule has 0 fully saturated rings. The number of rotatable bonds is 11. The maximum atomic E-state index is 12.8. The zero-order chi connectivity index (χ0) is 22.1. The zero-order valence-electron chi connectivity index (χ0n) is 17.7. The fourth-order valence-electron chi connectivity index (χ4n) is 2.78. The fourth-order valence-corrected chi connectivity index (χ4v) is 3.53. The van der Waals surface area contributed by atoms with Crippen molar-refractivity contribution in [1.82, 2.24) is 9.80 Å². The summed E-state index contributed by atoms with van der Waals surface area (Å²) in [6.07, 6.45) is 2.12. The van der Waals surface area contributed by atoms with E-state index in [0.29, 0.717) is 43.3 Å². The van der Waals surface area contributed by atoms with E-state index in [1.54, 1.807) is 12.1 Å². The van der Waals surface area contributed by atoms with Crippen LogP contribution < -0.4 is 4.74 Å². The minimum atomic E-state index is -3.22. The third-order valence-electron chi connectivity index (χ3n) is 4.51. The zero-order valence-corrected chi connectivity index (χ0v) is 19.2. The molecule has 0 N–H and O–H groups in total. The Morgan fingerprint density at radius 3 is 2.20 bits per heavy atom. The van der Waals surface area contributed by atoms with Crippen molar-refractivity contribution >= 4 is 27.3 Å². The number of amides is 1. The lowest BCUT2D eigenvalue weighted by Gasteiger charge is -2.25. The highest BCUT2D eigenvalue weighted by atomic mass is 35.5. The summed E-state index contributed by atoms with van der Waals surface area (Å²) in [4.78, 5) is 16.9. The van der Waals surface area contributed by atoms with Gasteiger partial charge in [0.05, 0.1) is 11.5 Å². The molecule has 1 amide bonds. The Labute approximate surface area is 184 Å². The second-order valence-electron chi connectivity index (χ2n) is 7.44. The molecule has 2 aromatic carbocycles. The van der Waals surface area contributed by atoms with Gasteiger partial charge in [0.15, 0.2) is 9.84 Å². The summed E-state index contributed by atoms with van der Waals surface area (Å²) in [6, 6.07) is 13.8. The van der Waals surface area contributed by atoms with Gasteiger partial charge in [-0.2, -0.15) is 0 Å². The van der Waals surface area contributed by atoms with Gasteiger partial charge in [0.1, 0.15) is 5.75 Å². The predicted molar refractivity (Wildman–Crippen MR) is 120 cm³/mol. The first-order valence-corrected chi connectivity index (χ1v) is 12.0. The predicted octanol–water partition coefficient (Wildman–Crippen LogP) is 3.49. The van der Waals surface area contributed by atoms with E-state index in [1.165, 1.54) is 18.4 Å². The maximum Gasteiger partial charge on any atom is 0.223 e. The van der Waals surface area contributed by atoms with Gasteiger partial charge >= 0.3 is 0 Å². The largest absolute Gasteiger partial charge is 0.494 e. The summed E-state index contributed by atoms with van der Waals surface area (Å²) < 4.78 is 28.6. The normalized spacial score (nSPS) is 11.5. The van der Waals surface area contributed by atoms with E-state index in [4.69, 9.17) is 16.3 Å². The van der Waals surface area contributed by atoms with E-state index in [1.807, 2.05) is 48.2 Å². The summed E-state index contributed by atoms with van der Waals surface area (Å²) in [5, 5.41) is 0.673. The second-order valence-corrected chi connectivity index (χ2v) is 9.89. The molecule has 0 aliphatic heterocycles. The third-order valence-corrected chi connectivity index (χ3v) is 5.89. The number of ether oxygens (including phenoxy) is 1. The van der Waals surface area contributed by atoms with Crippen molar-refractivity contribution in [3.63, 3.8) is 0 Å². The Morgan fingerprint density at radius 1 is 1.00 bits per heavy atom. The highest BCUT2D eigenvalue weighted by molar-refractivity contribution is 7.90. The second kappa shape index (κ2) is 11.3. The van der Waals surface area contributed by atoms with Crippen molar-refractivity contribution in [2.24, 2.45) is 0 Å². The maximum absolute atomic E-state index is 12.8. The molecule has 0 atom stereocenters. The first-order chi connectivity index (χ1) is 14.1. The van der Waals surface area contributed by atoms with E-state index < -0.39 is 9.84 Å². The van der Waals surface area contributed by atoms with Crippen LogP contribution in [0.4, 0.5) is 0 Å². The molecule has 0 saturated heterocycles. The topological polar surface area (TPSA) is 66.9 Å². The summed E-state index contributed by atoms with van der Waals surface area (Å²) in [5.74, 6) is 0.656. The molecule has 2 aromatic rings. The smallest absolute Gasteiger partial charge is 0.223 e. The molecule has 0 spiro atoms. The van der Waals surface area contributed by atoms with E-state index in [9.17, 15) is 13.2 Å². The fraction of sp³-hybridized carbons (Fsp3) is 0.409. The summed E-state index contributed by atoms with van der Waals surface area (Å²) in [6.45, 7) is 2.34. The van der Waals surface area contributed by atoms with Crippen molar-refractivity contribution in [3.8, 4) is 5.75 Å². The lowest BCUT2D eigenvalue weighted by molar-refractivity contribution is -0.132. The minimum absolute atomic E-state index is 0.0721. The lowest BCUT2D eigenvalue weighted by atomic mass is 10.2. The van der Waals surface area contributed by atoms with Crippen LogP contribution in [0.1, 0.15) is 18.4 Å². The third kappa shape index (κ3) is 8.34. The van der Waals surface area contributed by atoms with Crippen molar-refractivity contribution in [3.05, 3.63) is 59.1 Å². The van der Waals surface area contributed by atoms with Crippen molar-refractivity contribution < 1.29 is 17.9 Å². The number of benzene rings is 2. The Morgan fingerprint density at radius 2 is 1.63 bits per heavy atom. The summed E-state index contributed by atoms with van der Waals surface area (Å²) in [7, 11) is 0.738. The molecule has 2 rings (SSSR count). The van der Waals surface area contributed by atoms with Gasteiger partial charge in [-0.1, -0.05) is 23.7 Å². The van der Waals surface area contributed by atoms with Crippen LogP contribution in [0.15, 0.2) is 53.4 Å². The number of carbonyl (C=O) groups is 1. The number of hydrogen-bond acceptors (Lipinski definition) is 5. The van der Waals surface area contributed by atoms with Gasteiger partial charge in [0.2, 0.25) is 5.91 Å². The molecule has 0 bridgehead atoms. The number of nitrogens with zero attached hydrogens (tertiary/aromatic N) is 2. The summed E-state index contributed by atoms with van der Waals surface area (Å²) in [5.41, 5.74) is 1.04. The molecule has 0 aliphatic carbocycles. The molecule has 0 radical (unpaired) electrons. The van der Waals surface area contributed by atoms with Gasteiger partial charge in [-0.25, -0.2) is 8.42 Å². The van der Waals surface area contributed by atoms with E-state index in [2.05, 4.69) is 0 Å². The standard InChI is InChI=1S/C22H29ClN2O4S/c1-24(2)14-15-25(17-18-6-8-19(23)9-7-18)22(26)5-4-16-29-20-10-12-21(13-11-20)30(3,27)28/h6-13H,4-5,14-17H2,1-3H3. The Bertz CT molecular complexity index is 913. The summed E-state index contributed by atoms with van der Waals surface area (Å²) >= 11 is 5.95. The molecular formula is C22H29ClN2O4S. The van der Waals surface area contributed by atoms with Crippen LogP contribution in [0.25, 0.3) is 0 Å². The van der Waals surface area contributed by atoms with Crippen LogP contribution in [0.3, 0.4) is 0 Å². The quantitative estimate of drug-likeness (QED) is 0.488. The molecule has 8 heteroatoms. The molecular weight excluding hydrogens is 424 g/mol. The van der Waals surface area contributed by atoms with Gasteiger partial charge in [-0.05, 0) is 62.5 Å². The van der Waals surface area contributed by atoms with E-state index >= 15 is 0 Å². The molecule has 0 saturated carbocycles. The van der Waals surface area contributed by atoms with Crippen LogP contribution in [-0.2, 0) is 21.2 Å². The van der Waals surface area contributed by atoms with Gasteiger partial charge in [-0.15, -0.1) is 0 Å².